The Hall–Kier alpha value is -2.95. The van der Waals surface area contributed by atoms with E-state index in [0.717, 1.165) is 17.7 Å². The molecular formula is C33H48O5. The number of ether oxygens (including phenoxy) is 4. The number of carbonyl (C=O) groups excluding carboxylic acids is 1. The van der Waals surface area contributed by atoms with Crippen molar-refractivity contribution in [1.29, 1.82) is 0 Å². The molecular weight excluding hydrogens is 476 g/mol. The van der Waals surface area contributed by atoms with Gasteiger partial charge in [0.05, 0.1) is 26.4 Å². The van der Waals surface area contributed by atoms with E-state index in [2.05, 4.69) is 74.4 Å². The lowest BCUT2D eigenvalue weighted by Gasteiger charge is -2.20. The van der Waals surface area contributed by atoms with Crippen LogP contribution in [0.4, 0.5) is 0 Å². The van der Waals surface area contributed by atoms with Gasteiger partial charge in [0.15, 0.2) is 17.3 Å². The number of allylic oxidation sites excluding steroid dienone is 1. The molecule has 0 bridgehead atoms. The molecule has 0 fully saturated rings. The number of aryl methyl sites for hydroxylation is 1. The van der Waals surface area contributed by atoms with Crippen LogP contribution in [0.1, 0.15) is 83.8 Å². The van der Waals surface area contributed by atoms with Crippen LogP contribution >= 0.6 is 0 Å². The minimum atomic E-state index is -0.200. The van der Waals surface area contributed by atoms with Gasteiger partial charge in [-0.1, -0.05) is 68.4 Å². The number of rotatable bonds is 16. The summed E-state index contributed by atoms with van der Waals surface area (Å²) in [6.07, 6.45) is 4.31. The minimum absolute atomic E-state index is 0.200. The van der Waals surface area contributed by atoms with E-state index in [1.54, 1.807) is 6.08 Å². The SMILES string of the molecule is CCc1ccc(OCC(C)C)c(/C=C/C(=O)c2c(OCC(C)C)ccc(OCC(C)C)c2OCC(C)C)c1. The monoisotopic (exact) mass is 524 g/mol. The third kappa shape index (κ3) is 10.1. The van der Waals surface area contributed by atoms with Crippen molar-refractivity contribution in [3.63, 3.8) is 0 Å². The molecule has 0 aliphatic carbocycles. The number of hydrogen-bond donors (Lipinski definition) is 0. The minimum Gasteiger partial charge on any atom is -0.493 e. The molecule has 0 unspecified atom stereocenters. The summed E-state index contributed by atoms with van der Waals surface area (Å²) >= 11 is 0. The van der Waals surface area contributed by atoms with Gasteiger partial charge < -0.3 is 18.9 Å². The van der Waals surface area contributed by atoms with Crippen LogP contribution in [0.3, 0.4) is 0 Å². The molecule has 0 aliphatic rings. The van der Waals surface area contributed by atoms with Crippen molar-refractivity contribution < 1.29 is 23.7 Å². The molecule has 0 spiro atoms. The zero-order valence-corrected chi connectivity index (χ0v) is 24.9. The van der Waals surface area contributed by atoms with Gasteiger partial charge in [-0.3, -0.25) is 4.79 Å². The van der Waals surface area contributed by atoms with Gasteiger partial charge in [-0.15, -0.1) is 0 Å². The maximum Gasteiger partial charge on any atom is 0.193 e. The van der Waals surface area contributed by atoms with Crippen molar-refractivity contribution in [2.75, 3.05) is 26.4 Å². The van der Waals surface area contributed by atoms with Gasteiger partial charge in [0.25, 0.3) is 0 Å². The lowest BCUT2D eigenvalue weighted by atomic mass is 10.0. The predicted octanol–water partition coefficient (Wildman–Crippen LogP) is 8.28. The molecule has 0 heterocycles. The largest absolute Gasteiger partial charge is 0.493 e. The topological polar surface area (TPSA) is 54.0 Å². The van der Waals surface area contributed by atoms with Gasteiger partial charge in [-0.05, 0) is 72.1 Å². The summed E-state index contributed by atoms with van der Waals surface area (Å²) in [6.45, 7) is 20.9. The normalized spacial score (nSPS) is 11.7. The number of benzene rings is 2. The Morgan fingerprint density at radius 2 is 1.16 bits per heavy atom. The third-order valence-electron chi connectivity index (χ3n) is 5.50. The second-order valence-corrected chi connectivity index (χ2v) is 11.5. The second kappa shape index (κ2) is 15.5. The van der Waals surface area contributed by atoms with Crippen molar-refractivity contribution in [3.05, 3.63) is 53.1 Å². The highest BCUT2D eigenvalue weighted by molar-refractivity contribution is 6.11. The standard InChI is InChI=1S/C33H48O5/c1-10-26-11-14-29(35-18-22(2)3)27(17-26)12-13-28(34)32-30(36-19-23(4)5)15-16-31(37-20-24(6)7)33(32)38-21-25(8)9/h11-17,22-25H,10,18-21H2,1-9H3/b13-12+. The summed E-state index contributed by atoms with van der Waals surface area (Å²) in [5, 5.41) is 0. The van der Waals surface area contributed by atoms with E-state index < -0.39 is 0 Å². The van der Waals surface area contributed by atoms with E-state index in [0.29, 0.717) is 67.0 Å². The maximum absolute atomic E-state index is 13.8. The highest BCUT2D eigenvalue weighted by Crippen LogP contribution is 2.39. The van der Waals surface area contributed by atoms with Crippen molar-refractivity contribution >= 4 is 11.9 Å². The molecule has 0 saturated heterocycles. The summed E-state index contributed by atoms with van der Waals surface area (Å²) in [5.74, 6) is 3.38. The van der Waals surface area contributed by atoms with Crippen LogP contribution in [0.2, 0.25) is 0 Å². The second-order valence-electron chi connectivity index (χ2n) is 11.5. The molecule has 0 N–H and O–H groups in total. The molecule has 2 aromatic carbocycles. The highest BCUT2D eigenvalue weighted by Gasteiger charge is 2.23. The van der Waals surface area contributed by atoms with Crippen LogP contribution in [0.25, 0.3) is 6.08 Å². The third-order valence-corrected chi connectivity index (χ3v) is 5.50. The highest BCUT2D eigenvalue weighted by atomic mass is 16.5. The van der Waals surface area contributed by atoms with Crippen molar-refractivity contribution in [3.8, 4) is 23.0 Å². The molecule has 0 aliphatic heterocycles. The quantitative estimate of drug-likeness (QED) is 0.163. The summed E-state index contributed by atoms with van der Waals surface area (Å²) < 4.78 is 24.5. The molecule has 38 heavy (non-hydrogen) atoms. The van der Waals surface area contributed by atoms with E-state index in [4.69, 9.17) is 18.9 Å². The van der Waals surface area contributed by atoms with Gasteiger partial charge in [0, 0.05) is 5.56 Å². The molecule has 210 valence electrons. The fourth-order valence-corrected chi connectivity index (χ4v) is 3.50. The van der Waals surface area contributed by atoms with Gasteiger partial charge >= 0.3 is 0 Å². The summed E-state index contributed by atoms with van der Waals surface area (Å²) in [6, 6.07) is 9.79. The smallest absolute Gasteiger partial charge is 0.193 e. The van der Waals surface area contributed by atoms with Crippen LogP contribution in [0.15, 0.2) is 36.4 Å². The van der Waals surface area contributed by atoms with Crippen molar-refractivity contribution in [2.24, 2.45) is 23.7 Å². The first-order chi connectivity index (χ1) is 18.0. The lowest BCUT2D eigenvalue weighted by molar-refractivity contribution is 0.103. The summed E-state index contributed by atoms with van der Waals surface area (Å²) in [4.78, 5) is 13.8. The first kappa shape index (κ1) is 31.3. The molecule has 0 amide bonds. The molecule has 0 saturated carbocycles. The predicted molar refractivity (Wildman–Crippen MR) is 157 cm³/mol. The van der Waals surface area contributed by atoms with E-state index in [1.807, 2.05) is 24.3 Å². The van der Waals surface area contributed by atoms with E-state index in [9.17, 15) is 4.79 Å². The molecule has 2 rings (SSSR count). The Morgan fingerprint density at radius 3 is 1.71 bits per heavy atom. The van der Waals surface area contributed by atoms with E-state index in [1.165, 1.54) is 5.56 Å². The zero-order valence-electron chi connectivity index (χ0n) is 24.9. The Labute approximate surface area is 230 Å². The average Bonchev–Trinajstić information content (AvgIpc) is 2.86. The van der Waals surface area contributed by atoms with Gasteiger partial charge in [0.1, 0.15) is 17.1 Å². The first-order valence-corrected chi connectivity index (χ1v) is 14.0. The molecule has 0 atom stereocenters. The maximum atomic E-state index is 13.8. The number of carbonyl (C=O) groups is 1. The van der Waals surface area contributed by atoms with Gasteiger partial charge in [0.2, 0.25) is 0 Å². The molecule has 2 aromatic rings. The number of ketones is 1. The van der Waals surface area contributed by atoms with Crippen LogP contribution < -0.4 is 18.9 Å². The summed E-state index contributed by atoms with van der Waals surface area (Å²) in [5.41, 5.74) is 2.44. The molecule has 0 aromatic heterocycles. The Morgan fingerprint density at radius 1 is 0.684 bits per heavy atom. The van der Waals surface area contributed by atoms with Crippen LogP contribution in [0.5, 0.6) is 23.0 Å². The van der Waals surface area contributed by atoms with Crippen LogP contribution in [0, 0.1) is 23.7 Å². The lowest BCUT2D eigenvalue weighted by Crippen LogP contribution is -2.14. The zero-order chi connectivity index (χ0) is 28.2. The van der Waals surface area contributed by atoms with Gasteiger partial charge in [-0.2, -0.15) is 0 Å². The fraction of sp³-hybridized carbons (Fsp3) is 0.545. The van der Waals surface area contributed by atoms with E-state index in [-0.39, 0.29) is 11.7 Å². The first-order valence-electron chi connectivity index (χ1n) is 14.0. The molecule has 5 nitrogen and oxygen atoms in total. The molecule has 5 heteroatoms. The summed E-state index contributed by atoms with van der Waals surface area (Å²) in [7, 11) is 0. The van der Waals surface area contributed by atoms with Crippen LogP contribution in [-0.4, -0.2) is 32.2 Å². The molecule has 0 radical (unpaired) electrons. The average molecular weight is 525 g/mol. The Balaban J connectivity index is 2.56. The fourth-order valence-electron chi connectivity index (χ4n) is 3.50. The number of hydrogen-bond acceptors (Lipinski definition) is 5. The van der Waals surface area contributed by atoms with Crippen molar-refractivity contribution in [2.45, 2.75) is 68.7 Å². The van der Waals surface area contributed by atoms with E-state index >= 15 is 0 Å². The van der Waals surface area contributed by atoms with Crippen LogP contribution in [-0.2, 0) is 6.42 Å². The van der Waals surface area contributed by atoms with Crippen molar-refractivity contribution in [1.82, 2.24) is 0 Å². The Kier molecular flexibility index (Phi) is 12.7. The van der Waals surface area contributed by atoms with Gasteiger partial charge in [-0.25, -0.2) is 0 Å². The Bertz CT molecular complexity index is 1050.